The van der Waals surface area contributed by atoms with Crippen LogP contribution in [-0.2, 0) is 16.1 Å². The normalized spacial score (nSPS) is 24.7. The first-order valence-electron chi connectivity index (χ1n) is 7.50. The van der Waals surface area contributed by atoms with Crippen LogP contribution in [-0.4, -0.2) is 61.2 Å². The van der Waals surface area contributed by atoms with E-state index in [1.54, 1.807) is 11.3 Å². The standard InChI is InChI=1S/C14H22N4O2S/c1-11-8-15-13(19)2-3-18(11)10-12-9-16-14(21-12)17-4-6-20-7-5-17/h9,11H,2-8,10H2,1H3,(H,15,19)/t11-/m1/s1. The summed E-state index contributed by atoms with van der Waals surface area (Å²) in [6, 6.07) is 0.366. The minimum absolute atomic E-state index is 0.155. The molecule has 3 heterocycles. The first-order valence-corrected chi connectivity index (χ1v) is 8.32. The molecule has 2 saturated heterocycles. The van der Waals surface area contributed by atoms with Gasteiger partial charge in [-0.1, -0.05) is 0 Å². The summed E-state index contributed by atoms with van der Waals surface area (Å²) in [4.78, 5) is 21.9. The predicted octanol–water partition coefficient (Wildman–Crippen LogP) is 0.690. The van der Waals surface area contributed by atoms with Crippen LogP contribution < -0.4 is 10.2 Å². The average Bonchev–Trinajstić information content (AvgIpc) is 2.92. The lowest BCUT2D eigenvalue weighted by Crippen LogP contribution is -2.37. The quantitative estimate of drug-likeness (QED) is 0.890. The molecule has 6 nitrogen and oxygen atoms in total. The number of nitrogens with zero attached hydrogens (tertiary/aromatic N) is 3. The molecule has 0 bridgehead atoms. The highest BCUT2D eigenvalue weighted by Crippen LogP contribution is 2.25. The van der Waals surface area contributed by atoms with Crippen molar-refractivity contribution >= 4 is 22.4 Å². The zero-order valence-corrected chi connectivity index (χ0v) is 13.2. The molecule has 0 spiro atoms. The smallest absolute Gasteiger partial charge is 0.221 e. The summed E-state index contributed by atoms with van der Waals surface area (Å²) in [6.45, 7) is 7.99. The highest BCUT2D eigenvalue weighted by molar-refractivity contribution is 7.15. The molecule has 1 amide bonds. The van der Waals surface area contributed by atoms with Crippen molar-refractivity contribution in [1.82, 2.24) is 15.2 Å². The van der Waals surface area contributed by atoms with Gasteiger partial charge in [-0.2, -0.15) is 0 Å². The summed E-state index contributed by atoms with van der Waals surface area (Å²) >= 11 is 1.75. The third-order valence-corrected chi connectivity index (χ3v) is 5.07. The second kappa shape index (κ2) is 6.72. The molecule has 1 N–H and O–H groups in total. The van der Waals surface area contributed by atoms with Crippen molar-refractivity contribution in [2.45, 2.75) is 25.9 Å². The largest absolute Gasteiger partial charge is 0.378 e. The summed E-state index contributed by atoms with van der Waals surface area (Å²) in [5.41, 5.74) is 0. The zero-order chi connectivity index (χ0) is 14.7. The van der Waals surface area contributed by atoms with E-state index >= 15 is 0 Å². The van der Waals surface area contributed by atoms with Gasteiger partial charge in [0, 0.05) is 56.3 Å². The molecule has 0 aliphatic carbocycles. The molecular formula is C14H22N4O2S. The van der Waals surface area contributed by atoms with Gasteiger partial charge in [-0.15, -0.1) is 11.3 Å². The summed E-state index contributed by atoms with van der Waals surface area (Å²) in [6.07, 6.45) is 2.56. The summed E-state index contributed by atoms with van der Waals surface area (Å²) in [5.74, 6) is 0.155. The minimum atomic E-state index is 0.155. The fraction of sp³-hybridized carbons (Fsp3) is 0.714. The Labute approximate surface area is 129 Å². The number of carbonyl (C=O) groups is 1. The van der Waals surface area contributed by atoms with Crippen LogP contribution in [0.2, 0.25) is 0 Å². The van der Waals surface area contributed by atoms with Crippen LogP contribution in [0.4, 0.5) is 5.13 Å². The van der Waals surface area contributed by atoms with Crippen molar-refractivity contribution in [3.8, 4) is 0 Å². The SMILES string of the molecule is C[C@@H]1CNC(=O)CCN1Cc1cnc(N2CCOCC2)s1. The summed E-state index contributed by atoms with van der Waals surface area (Å²) in [5, 5.41) is 4.04. The maximum Gasteiger partial charge on any atom is 0.221 e. The van der Waals surface area contributed by atoms with Gasteiger partial charge in [0.25, 0.3) is 0 Å². The Kier molecular flexibility index (Phi) is 4.72. The second-order valence-electron chi connectivity index (χ2n) is 5.58. The lowest BCUT2D eigenvalue weighted by molar-refractivity contribution is -0.120. The monoisotopic (exact) mass is 310 g/mol. The van der Waals surface area contributed by atoms with E-state index in [0.717, 1.165) is 51.1 Å². The third kappa shape index (κ3) is 3.72. The average molecular weight is 310 g/mol. The number of anilines is 1. The Morgan fingerprint density at radius 3 is 3.05 bits per heavy atom. The highest BCUT2D eigenvalue weighted by Gasteiger charge is 2.21. The van der Waals surface area contributed by atoms with E-state index in [4.69, 9.17) is 4.74 Å². The number of nitrogens with one attached hydrogen (secondary N) is 1. The number of hydrogen-bond donors (Lipinski definition) is 1. The van der Waals surface area contributed by atoms with Crippen molar-refractivity contribution in [2.24, 2.45) is 0 Å². The number of amides is 1. The Morgan fingerprint density at radius 1 is 1.43 bits per heavy atom. The lowest BCUT2D eigenvalue weighted by Gasteiger charge is -2.26. The highest BCUT2D eigenvalue weighted by atomic mass is 32.1. The maximum absolute atomic E-state index is 11.5. The number of ether oxygens (including phenoxy) is 1. The van der Waals surface area contributed by atoms with E-state index in [2.05, 4.69) is 27.0 Å². The molecular weight excluding hydrogens is 288 g/mol. The van der Waals surface area contributed by atoms with Gasteiger partial charge in [0.1, 0.15) is 0 Å². The molecule has 2 aliphatic heterocycles. The number of thiazole rings is 1. The molecule has 2 aliphatic rings. The van der Waals surface area contributed by atoms with Crippen LogP contribution in [0, 0.1) is 0 Å². The molecule has 0 saturated carbocycles. The molecule has 2 fully saturated rings. The van der Waals surface area contributed by atoms with Gasteiger partial charge < -0.3 is 15.0 Å². The fourth-order valence-electron chi connectivity index (χ4n) is 2.65. The van der Waals surface area contributed by atoms with E-state index in [1.807, 2.05) is 6.20 Å². The molecule has 0 unspecified atom stereocenters. The van der Waals surface area contributed by atoms with Crippen LogP contribution in [0.1, 0.15) is 18.2 Å². The molecule has 116 valence electrons. The molecule has 1 atom stereocenters. The number of morpholine rings is 1. The lowest BCUT2D eigenvalue weighted by atomic mass is 10.2. The molecule has 1 aromatic heterocycles. The maximum atomic E-state index is 11.5. The topological polar surface area (TPSA) is 57.7 Å². The van der Waals surface area contributed by atoms with Crippen molar-refractivity contribution in [3.05, 3.63) is 11.1 Å². The zero-order valence-electron chi connectivity index (χ0n) is 12.4. The van der Waals surface area contributed by atoms with Crippen LogP contribution >= 0.6 is 11.3 Å². The van der Waals surface area contributed by atoms with Crippen molar-refractivity contribution in [2.75, 3.05) is 44.3 Å². The van der Waals surface area contributed by atoms with E-state index in [0.29, 0.717) is 12.5 Å². The van der Waals surface area contributed by atoms with Gasteiger partial charge in [-0.25, -0.2) is 4.98 Å². The van der Waals surface area contributed by atoms with Gasteiger partial charge in [-0.3, -0.25) is 9.69 Å². The molecule has 1 aromatic rings. The van der Waals surface area contributed by atoms with E-state index < -0.39 is 0 Å². The van der Waals surface area contributed by atoms with Crippen LogP contribution in [0.25, 0.3) is 0 Å². The Bertz CT molecular complexity index is 487. The van der Waals surface area contributed by atoms with Crippen molar-refractivity contribution in [3.63, 3.8) is 0 Å². The van der Waals surface area contributed by atoms with Crippen LogP contribution in [0.3, 0.4) is 0 Å². The number of aromatic nitrogens is 1. The first-order chi connectivity index (χ1) is 10.2. The van der Waals surface area contributed by atoms with Crippen LogP contribution in [0.15, 0.2) is 6.20 Å². The van der Waals surface area contributed by atoms with Crippen LogP contribution in [0.5, 0.6) is 0 Å². The number of carbonyl (C=O) groups excluding carboxylic acids is 1. The van der Waals surface area contributed by atoms with Crippen molar-refractivity contribution < 1.29 is 9.53 Å². The van der Waals surface area contributed by atoms with E-state index in [1.165, 1.54) is 4.88 Å². The van der Waals surface area contributed by atoms with Gasteiger partial charge in [0.2, 0.25) is 5.91 Å². The number of hydrogen-bond acceptors (Lipinski definition) is 6. The van der Waals surface area contributed by atoms with E-state index in [-0.39, 0.29) is 5.91 Å². The predicted molar refractivity (Wildman–Crippen MR) is 82.6 cm³/mol. The van der Waals surface area contributed by atoms with Gasteiger partial charge >= 0.3 is 0 Å². The molecule has 0 aromatic carbocycles. The third-order valence-electron chi connectivity index (χ3n) is 4.03. The first kappa shape index (κ1) is 14.7. The van der Waals surface area contributed by atoms with Gasteiger partial charge in [0.05, 0.1) is 13.2 Å². The van der Waals surface area contributed by atoms with Crippen molar-refractivity contribution in [1.29, 1.82) is 0 Å². The molecule has 21 heavy (non-hydrogen) atoms. The van der Waals surface area contributed by atoms with Gasteiger partial charge in [0.15, 0.2) is 5.13 Å². The van der Waals surface area contributed by atoms with E-state index in [9.17, 15) is 4.79 Å². The molecule has 3 rings (SSSR count). The van der Waals surface area contributed by atoms with Gasteiger partial charge in [-0.05, 0) is 6.92 Å². The Morgan fingerprint density at radius 2 is 2.24 bits per heavy atom. The molecule has 0 radical (unpaired) electrons. The second-order valence-corrected chi connectivity index (χ2v) is 6.68. The fourth-order valence-corrected chi connectivity index (χ4v) is 3.64. The summed E-state index contributed by atoms with van der Waals surface area (Å²) in [7, 11) is 0. The number of rotatable bonds is 3. The minimum Gasteiger partial charge on any atom is -0.378 e. The summed E-state index contributed by atoms with van der Waals surface area (Å²) < 4.78 is 5.38. The molecule has 7 heteroatoms. The Balaban J connectivity index is 1.62. The Hall–Kier alpha value is -1.18.